The van der Waals surface area contributed by atoms with E-state index in [2.05, 4.69) is 9.97 Å². The van der Waals surface area contributed by atoms with E-state index in [1.165, 1.54) is 0 Å². The van der Waals surface area contributed by atoms with Crippen LogP contribution >= 0.6 is 11.6 Å². The number of carbonyl (C=O) groups excluding carboxylic acids is 1. The second-order valence-corrected chi connectivity index (χ2v) is 7.43. The maximum atomic E-state index is 12.5. The molecule has 1 amide bonds. The molecule has 3 heterocycles. The average Bonchev–Trinajstić information content (AvgIpc) is 2.75. The summed E-state index contributed by atoms with van der Waals surface area (Å²) in [5.74, 6) is 0.446. The van der Waals surface area contributed by atoms with Crippen molar-refractivity contribution in [1.29, 1.82) is 0 Å². The van der Waals surface area contributed by atoms with Crippen LogP contribution in [-0.4, -0.2) is 38.8 Å². The predicted molar refractivity (Wildman–Crippen MR) is 109 cm³/mol. The van der Waals surface area contributed by atoms with Gasteiger partial charge in [0.2, 0.25) is 5.91 Å². The van der Waals surface area contributed by atoms with Gasteiger partial charge < -0.3 is 4.90 Å². The van der Waals surface area contributed by atoms with Gasteiger partial charge in [0.15, 0.2) is 0 Å². The zero-order chi connectivity index (χ0) is 19.3. The van der Waals surface area contributed by atoms with Crippen molar-refractivity contribution in [2.45, 2.75) is 25.2 Å². The third kappa shape index (κ3) is 4.37. The van der Waals surface area contributed by atoms with Crippen LogP contribution in [0.25, 0.3) is 11.3 Å². The predicted octanol–water partition coefficient (Wildman–Crippen LogP) is 4.14. The van der Waals surface area contributed by atoms with Crippen LogP contribution in [0.3, 0.4) is 0 Å². The Morgan fingerprint density at radius 2 is 1.96 bits per heavy atom. The Hall–Kier alpha value is -2.79. The Bertz CT molecular complexity index is 956. The van der Waals surface area contributed by atoms with Crippen LogP contribution in [0.4, 0.5) is 0 Å². The Morgan fingerprint density at radius 1 is 1.11 bits per heavy atom. The van der Waals surface area contributed by atoms with E-state index >= 15 is 0 Å². The third-order valence-electron chi connectivity index (χ3n) is 5.10. The van der Waals surface area contributed by atoms with Gasteiger partial charge in [-0.3, -0.25) is 14.8 Å². The molecule has 3 aromatic rings. The molecule has 1 saturated heterocycles. The molecule has 1 aromatic carbocycles. The van der Waals surface area contributed by atoms with Crippen molar-refractivity contribution in [1.82, 2.24) is 19.9 Å². The minimum Gasteiger partial charge on any atom is -0.342 e. The molecule has 6 heteroatoms. The van der Waals surface area contributed by atoms with Crippen LogP contribution < -0.4 is 0 Å². The van der Waals surface area contributed by atoms with Crippen LogP contribution in [0.1, 0.15) is 30.1 Å². The molecule has 1 fully saturated rings. The number of benzene rings is 1. The molecule has 0 radical (unpaired) electrons. The summed E-state index contributed by atoms with van der Waals surface area (Å²) in [5, 5.41) is 0.685. The van der Waals surface area contributed by atoms with Crippen molar-refractivity contribution in [3.05, 3.63) is 77.5 Å². The van der Waals surface area contributed by atoms with Crippen molar-refractivity contribution in [3.8, 4) is 11.3 Å². The second-order valence-electron chi connectivity index (χ2n) is 6.99. The summed E-state index contributed by atoms with van der Waals surface area (Å²) in [7, 11) is 0. The highest BCUT2D eigenvalue weighted by molar-refractivity contribution is 6.30. The highest BCUT2D eigenvalue weighted by atomic mass is 35.5. The van der Waals surface area contributed by atoms with E-state index in [0.29, 0.717) is 17.4 Å². The van der Waals surface area contributed by atoms with E-state index in [1.807, 2.05) is 53.6 Å². The molecule has 1 aliphatic heterocycles. The summed E-state index contributed by atoms with van der Waals surface area (Å²) in [4.78, 5) is 27.9. The summed E-state index contributed by atoms with van der Waals surface area (Å²) in [5.41, 5.74) is 3.59. The third-order valence-corrected chi connectivity index (χ3v) is 5.33. The van der Waals surface area contributed by atoms with Gasteiger partial charge in [-0.2, -0.15) is 0 Å². The van der Waals surface area contributed by atoms with Crippen LogP contribution in [0.5, 0.6) is 0 Å². The number of carbonyl (C=O) groups is 1. The van der Waals surface area contributed by atoms with Crippen LogP contribution in [0, 0.1) is 0 Å². The molecule has 0 unspecified atom stereocenters. The first-order chi connectivity index (χ1) is 13.7. The number of hydrogen-bond acceptors (Lipinski definition) is 4. The number of nitrogens with zero attached hydrogens (tertiary/aromatic N) is 4. The van der Waals surface area contributed by atoms with E-state index in [9.17, 15) is 4.79 Å². The van der Waals surface area contributed by atoms with Crippen molar-refractivity contribution >= 4 is 17.5 Å². The van der Waals surface area contributed by atoms with Gasteiger partial charge in [-0.15, -0.1) is 0 Å². The standard InChI is InChI=1S/C22H21ClN4O/c23-18-5-3-4-17(12-18)21-15-24-14-20(26-21)16-7-10-27(11-8-16)22(28)13-19-6-1-2-9-25-19/h1-6,9,12,14-16H,7-8,10-11,13H2. The average molecular weight is 393 g/mol. The number of hydrogen-bond donors (Lipinski definition) is 0. The van der Waals surface area contributed by atoms with Crippen molar-refractivity contribution < 1.29 is 4.79 Å². The van der Waals surface area contributed by atoms with Gasteiger partial charge in [0.1, 0.15) is 0 Å². The molecule has 4 rings (SSSR count). The monoisotopic (exact) mass is 392 g/mol. The molecule has 0 saturated carbocycles. The smallest absolute Gasteiger partial charge is 0.228 e. The Labute approximate surface area is 169 Å². The van der Waals surface area contributed by atoms with Crippen LogP contribution in [-0.2, 0) is 11.2 Å². The van der Waals surface area contributed by atoms with E-state index in [-0.39, 0.29) is 5.91 Å². The van der Waals surface area contributed by atoms with E-state index in [1.54, 1.807) is 12.4 Å². The van der Waals surface area contributed by atoms with Crippen molar-refractivity contribution in [3.63, 3.8) is 0 Å². The summed E-state index contributed by atoms with van der Waals surface area (Å²) < 4.78 is 0. The Kier molecular flexibility index (Phi) is 5.63. The Balaban J connectivity index is 1.40. The first-order valence-corrected chi connectivity index (χ1v) is 9.82. The fourth-order valence-electron chi connectivity index (χ4n) is 3.56. The van der Waals surface area contributed by atoms with Gasteiger partial charge in [-0.05, 0) is 37.1 Å². The quantitative estimate of drug-likeness (QED) is 0.669. The number of pyridine rings is 1. The minimum absolute atomic E-state index is 0.135. The summed E-state index contributed by atoms with van der Waals surface area (Å²) in [6.45, 7) is 1.47. The molecule has 0 N–H and O–H groups in total. The molecular formula is C22H21ClN4O. The molecule has 0 aliphatic carbocycles. The summed E-state index contributed by atoms with van der Waals surface area (Å²) in [6, 6.07) is 13.3. The molecule has 0 bridgehead atoms. The number of piperidine rings is 1. The SMILES string of the molecule is O=C(Cc1ccccn1)N1CCC(c2cncc(-c3cccc(Cl)c3)n2)CC1. The van der Waals surface area contributed by atoms with Crippen molar-refractivity contribution in [2.75, 3.05) is 13.1 Å². The fraction of sp³-hybridized carbons (Fsp3) is 0.273. The number of rotatable bonds is 4. The molecule has 1 aliphatic rings. The number of aromatic nitrogens is 3. The number of likely N-dealkylation sites (tertiary alicyclic amines) is 1. The minimum atomic E-state index is 0.135. The maximum absolute atomic E-state index is 12.5. The lowest BCUT2D eigenvalue weighted by molar-refractivity contribution is -0.131. The molecule has 0 atom stereocenters. The van der Waals surface area contributed by atoms with Gasteiger partial charge in [-0.1, -0.05) is 29.8 Å². The fourth-order valence-corrected chi connectivity index (χ4v) is 3.75. The topological polar surface area (TPSA) is 59.0 Å². The zero-order valence-corrected chi connectivity index (χ0v) is 16.2. The van der Waals surface area contributed by atoms with Crippen molar-refractivity contribution in [2.24, 2.45) is 0 Å². The van der Waals surface area contributed by atoms with E-state index in [4.69, 9.17) is 16.6 Å². The van der Waals surface area contributed by atoms with Gasteiger partial charge in [-0.25, -0.2) is 4.98 Å². The first kappa shape index (κ1) is 18.6. The number of amides is 1. The van der Waals surface area contributed by atoms with Gasteiger partial charge in [0.25, 0.3) is 0 Å². The first-order valence-electron chi connectivity index (χ1n) is 9.44. The van der Waals surface area contributed by atoms with Gasteiger partial charge in [0.05, 0.1) is 24.0 Å². The lowest BCUT2D eigenvalue weighted by atomic mass is 9.93. The van der Waals surface area contributed by atoms with Crippen LogP contribution in [0.2, 0.25) is 5.02 Å². The molecular weight excluding hydrogens is 372 g/mol. The molecule has 142 valence electrons. The molecule has 28 heavy (non-hydrogen) atoms. The second kappa shape index (κ2) is 8.48. The molecule has 0 spiro atoms. The normalized spacial score (nSPS) is 14.8. The van der Waals surface area contributed by atoms with Gasteiger partial charge in [0, 0.05) is 47.7 Å². The largest absolute Gasteiger partial charge is 0.342 e. The lowest BCUT2D eigenvalue weighted by Gasteiger charge is -2.31. The Morgan fingerprint density at radius 3 is 2.71 bits per heavy atom. The van der Waals surface area contributed by atoms with Crippen LogP contribution in [0.15, 0.2) is 61.1 Å². The van der Waals surface area contributed by atoms with Gasteiger partial charge >= 0.3 is 0 Å². The number of halogens is 1. The maximum Gasteiger partial charge on any atom is 0.228 e. The molecule has 2 aromatic heterocycles. The van der Waals surface area contributed by atoms with E-state index in [0.717, 1.165) is 48.6 Å². The van der Waals surface area contributed by atoms with E-state index < -0.39 is 0 Å². The highest BCUT2D eigenvalue weighted by Gasteiger charge is 2.25. The summed E-state index contributed by atoms with van der Waals surface area (Å²) in [6.07, 6.45) is 7.46. The summed E-state index contributed by atoms with van der Waals surface area (Å²) >= 11 is 6.10. The highest BCUT2D eigenvalue weighted by Crippen LogP contribution is 2.28. The zero-order valence-electron chi connectivity index (χ0n) is 15.5. The lowest BCUT2D eigenvalue weighted by Crippen LogP contribution is -2.39. The molecule has 5 nitrogen and oxygen atoms in total.